The molecule has 1 saturated heterocycles. The predicted octanol–water partition coefficient (Wildman–Crippen LogP) is 1.39. The van der Waals surface area contributed by atoms with Crippen molar-refractivity contribution in [1.29, 1.82) is 0 Å². The number of rotatable bonds is 3. The van der Waals surface area contributed by atoms with Crippen molar-refractivity contribution < 1.29 is 33.8 Å². The molecule has 0 aromatic rings. The Morgan fingerprint density at radius 3 is 1.62 bits per heavy atom. The Morgan fingerprint density at radius 2 is 1.43 bits per heavy atom. The van der Waals surface area contributed by atoms with E-state index in [4.69, 9.17) is 5.11 Å². The Kier molecular flexibility index (Phi) is 31.6. The van der Waals surface area contributed by atoms with E-state index >= 15 is 0 Å². The number of carboxylic acids is 1. The number of aliphatic carboxylic acids is 1. The number of carbonyl (C=O) groups excluding carboxylic acids is 3. The summed E-state index contributed by atoms with van der Waals surface area (Å²) in [7, 11) is 2.82. The molecule has 1 N–H and O–H groups in total. The molecule has 0 aromatic heterocycles. The zero-order chi connectivity index (χ0) is 12.6. The van der Waals surface area contributed by atoms with E-state index in [1.807, 2.05) is 0 Å². The first-order valence-electron chi connectivity index (χ1n) is 4.36. The van der Waals surface area contributed by atoms with Crippen molar-refractivity contribution >= 4 is 23.9 Å². The van der Waals surface area contributed by atoms with E-state index < -0.39 is 23.9 Å². The molecule has 9 heteroatoms. The van der Waals surface area contributed by atoms with E-state index in [0.29, 0.717) is 0 Å². The number of esters is 3. The SMILES string of the molecule is O=C1CCC(=O)O1.[CH2-]OC(=O)CCC(=O)O.[CH3-].[CH3-].[CH3-].[Db].[Db]. The summed E-state index contributed by atoms with van der Waals surface area (Å²) in [4.78, 5) is 40.0. The third-order valence-electron chi connectivity index (χ3n) is 1.46. The number of cyclic esters (lactones) is 2. The first kappa shape index (κ1) is 36.0. The molecular formula is C12H20Db2O7-4. The van der Waals surface area contributed by atoms with Crippen LogP contribution in [0, 0.1) is 29.4 Å². The van der Waals surface area contributed by atoms with Crippen LogP contribution in [0.2, 0.25) is 0 Å². The zero-order valence-electron chi connectivity index (χ0n) is 12.8. The standard InChI is InChI=1S/C5H7O4.C4H4O3.3CH3.2Db/c1-9-5(8)3-2-4(6)7;5-3-1-2-4(6)7-3;;;;;/h1-3H2,(H,6,7);1-2H2;3*1H3;;/q-1;;3*-1;;. The first-order valence-corrected chi connectivity index (χ1v) is 4.36. The molecule has 1 aliphatic heterocycles. The first-order chi connectivity index (χ1) is 7.45. The van der Waals surface area contributed by atoms with Gasteiger partial charge in [0.1, 0.15) is 0 Å². The van der Waals surface area contributed by atoms with Gasteiger partial charge in [0.2, 0.25) is 0 Å². The van der Waals surface area contributed by atoms with Gasteiger partial charge in [0.25, 0.3) is 5.97 Å². The molecule has 7 nitrogen and oxygen atoms in total. The van der Waals surface area contributed by atoms with Crippen LogP contribution in [-0.2, 0) is 28.7 Å². The second kappa shape index (κ2) is 18.4. The van der Waals surface area contributed by atoms with Crippen LogP contribution in [0.15, 0.2) is 0 Å². The molecular weight excluding hydrogens is 792 g/mol. The van der Waals surface area contributed by atoms with Crippen molar-refractivity contribution in [3.63, 3.8) is 0 Å². The summed E-state index contributed by atoms with van der Waals surface area (Å²) >= 11 is 0. The van der Waals surface area contributed by atoms with Crippen LogP contribution in [0.3, 0.4) is 0 Å². The summed E-state index contributed by atoms with van der Waals surface area (Å²) < 4.78 is 8.03. The van der Waals surface area contributed by atoms with Gasteiger partial charge in [0.15, 0.2) is 0 Å². The Hall–Kier alpha value is -3.92. The van der Waals surface area contributed by atoms with Crippen LogP contribution in [-0.4, -0.2) is 29.0 Å². The maximum absolute atomic E-state index is 10.2. The van der Waals surface area contributed by atoms with Gasteiger partial charge in [0, 0.05) is 0 Å². The second-order valence-electron chi connectivity index (χ2n) is 2.76. The Labute approximate surface area is 113 Å². The summed E-state index contributed by atoms with van der Waals surface area (Å²) in [6.07, 6.45) is 0.213. The molecule has 21 heavy (non-hydrogen) atoms. The maximum atomic E-state index is 10.2. The van der Waals surface area contributed by atoms with Gasteiger partial charge < -0.3 is 36.9 Å². The van der Waals surface area contributed by atoms with Crippen LogP contribution in [0.25, 0.3) is 0 Å². The molecule has 118 valence electrons. The van der Waals surface area contributed by atoms with Crippen molar-refractivity contribution in [2.45, 2.75) is 25.7 Å². The van der Waals surface area contributed by atoms with E-state index in [0.717, 1.165) is 0 Å². The van der Waals surface area contributed by atoms with E-state index in [-0.39, 0.29) is 48.0 Å². The maximum Gasteiger partial charge on any atom is 0.314 e. The smallest absolute Gasteiger partial charge is 0.314 e. The molecule has 1 heterocycles. The minimum absolute atomic E-state index is 0. The van der Waals surface area contributed by atoms with E-state index in [1.165, 1.54) is 0 Å². The second-order valence-corrected chi connectivity index (χ2v) is 2.76. The molecule has 0 saturated carbocycles. The average Bonchev–Trinajstić information content (AvgIpc) is 2.59. The minimum Gasteiger partial charge on any atom is -0.640 e. The Morgan fingerprint density at radius 1 is 1.05 bits per heavy atom. The number of ether oxygens (including phenoxy) is 2. The molecule has 0 radical (unpaired) electrons. The van der Waals surface area contributed by atoms with E-state index in [2.05, 4.69) is 16.6 Å². The summed E-state index contributed by atoms with van der Waals surface area (Å²) in [5.74, 6) is -2.41. The van der Waals surface area contributed by atoms with Gasteiger partial charge in [-0.1, -0.05) is 0 Å². The van der Waals surface area contributed by atoms with Crippen LogP contribution < -0.4 is 0 Å². The molecule has 1 aliphatic rings. The van der Waals surface area contributed by atoms with Crippen molar-refractivity contribution in [1.82, 2.24) is 0 Å². The van der Waals surface area contributed by atoms with Gasteiger partial charge in [-0.3, -0.25) is 19.2 Å². The molecule has 0 aliphatic carbocycles. The normalized spacial score (nSPS) is 10.3. The van der Waals surface area contributed by atoms with Gasteiger partial charge in [0.05, 0.1) is 25.7 Å². The monoisotopic (exact) mass is 812 g/mol. The zero-order valence-corrected chi connectivity index (χ0v) is 25.7. The Balaban J connectivity index is -0.0000000437. The minimum atomic E-state index is -1.01. The summed E-state index contributed by atoms with van der Waals surface area (Å²) in [5.41, 5.74) is 0. The molecule has 0 amide bonds. The number of hydrogen-bond donors (Lipinski definition) is 1. The van der Waals surface area contributed by atoms with Gasteiger partial charge in [-0.15, -0.1) is 0 Å². The van der Waals surface area contributed by atoms with Gasteiger partial charge >= 0.3 is 17.9 Å². The number of carbonyl (C=O) groups is 4. The van der Waals surface area contributed by atoms with Crippen molar-refractivity contribution in [2.24, 2.45) is 0 Å². The topological polar surface area (TPSA) is 107 Å². The Bertz CT molecular complexity index is 292. The molecule has 0 bridgehead atoms. The number of hydrogen-bond acceptors (Lipinski definition) is 6. The third kappa shape index (κ3) is 21.8. The molecule has 0 spiro atoms. The predicted molar refractivity (Wildman–Crippen MR) is 67.9 cm³/mol. The van der Waals surface area contributed by atoms with Crippen LogP contribution in [0.1, 0.15) is 25.7 Å². The fraction of sp³-hybridized carbons (Fsp3) is 0.333. The van der Waals surface area contributed by atoms with Crippen LogP contribution >= 0.6 is 0 Å². The molecule has 0 unspecified atom stereocenters. The molecule has 0 atom stereocenters. The van der Waals surface area contributed by atoms with Crippen molar-refractivity contribution in [2.75, 3.05) is 0 Å². The van der Waals surface area contributed by atoms with Gasteiger partial charge in [-0.2, -0.15) is 7.11 Å². The van der Waals surface area contributed by atoms with Crippen molar-refractivity contribution in [3.8, 4) is 0 Å². The molecule has 0 aromatic carbocycles. The average molecular weight is 812 g/mol. The third-order valence-corrected chi connectivity index (χ3v) is 1.46. The van der Waals surface area contributed by atoms with Gasteiger partial charge in [-0.05, 0) is 0 Å². The quantitative estimate of drug-likeness (QED) is 0.261. The van der Waals surface area contributed by atoms with Gasteiger partial charge in [-0.25, -0.2) is 0 Å². The van der Waals surface area contributed by atoms with Crippen LogP contribution in [0.5, 0.6) is 0 Å². The van der Waals surface area contributed by atoms with Crippen LogP contribution in [0.4, 0.5) is 0 Å². The van der Waals surface area contributed by atoms with E-state index in [9.17, 15) is 19.2 Å². The van der Waals surface area contributed by atoms with E-state index in [1.54, 1.807) is 0 Å². The summed E-state index contributed by atoms with van der Waals surface area (Å²) in [6, 6.07) is 0. The number of carboxylic acid groups (broad SMARTS) is 1. The molecule has 1 fully saturated rings. The summed E-state index contributed by atoms with van der Waals surface area (Å²) in [5, 5.41) is 8.03. The fourth-order valence-electron chi connectivity index (χ4n) is 0.714. The fourth-order valence-corrected chi connectivity index (χ4v) is 0.714. The summed E-state index contributed by atoms with van der Waals surface area (Å²) in [6.45, 7) is 0. The molecule has 1 rings (SSSR count). The largest absolute Gasteiger partial charge is 0.640 e. The van der Waals surface area contributed by atoms with Crippen molar-refractivity contribution in [3.05, 3.63) is 29.4 Å².